The third-order valence-electron chi connectivity index (χ3n) is 6.13. The molecule has 0 bridgehead atoms. The second-order valence-electron chi connectivity index (χ2n) is 8.52. The van der Waals surface area contributed by atoms with Crippen LogP contribution in [0.3, 0.4) is 0 Å². The van der Waals surface area contributed by atoms with Gasteiger partial charge in [0.2, 0.25) is 0 Å². The molecule has 0 radical (unpaired) electrons. The van der Waals surface area contributed by atoms with Crippen LogP contribution in [0.2, 0.25) is 0 Å². The number of rotatable bonds is 14. The molecule has 1 aliphatic carbocycles. The Hall–Kier alpha value is -1.10. The van der Waals surface area contributed by atoms with Gasteiger partial charge in [0.15, 0.2) is 5.96 Å². The van der Waals surface area contributed by atoms with E-state index in [2.05, 4.69) is 39.7 Å². The normalized spacial score (nSPS) is 15.5. The van der Waals surface area contributed by atoms with E-state index in [0.29, 0.717) is 18.6 Å². The van der Waals surface area contributed by atoms with Gasteiger partial charge in [-0.05, 0) is 49.4 Å². The minimum Gasteiger partial charge on any atom is -0.492 e. The van der Waals surface area contributed by atoms with Gasteiger partial charge in [-0.3, -0.25) is 4.99 Å². The van der Waals surface area contributed by atoms with Crippen LogP contribution in [0.5, 0.6) is 5.75 Å². The molecule has 1 fully saturated rings. The van der Waals surface area contributed by atoms with E-state index in [0.717, 1.165) is 51.0 Å². The van der Waals surface area contributed by atoms with Crippen LogP contribution in [0.25, 0.3) is 0 Å². The Balaban J connectivity index is 0.00000512. The highest BCUT2D eigenvalue weighted by Gasteiger charge is 2.33. The lowest BCUT2D eigenvalue weighted by atomic mass is 9.83. The molecule has 0 spiro atoms. The minimum absolute atomic E-state index is 0. The molecule has 0 aromatic heterocycles. The summed E-state index contributed by atoms with van der Waals surface area (Å²) in [5, 5.41) is 6.98. The monoisotopic (exact) mass is 562 g/mol. The average molecular weight is 563 g/mol. The van der Waals surface area contributed by atoms with E-state index in [9.17, 15) is 0 Å². The molecule has 0 unspecified atom stereocenters. The molecule has 1 aromatic rings. The highest BCUT2D eigenvalue weighted by Crippen LogP contribution is 2.40. The standard InChI is InChI=1S/C24H42N4O3.HI/c1-25-23(27-20-24(12-15-29-3)10-5-6-11-24)26-19-21-8-7-9-22(18-21)31-17-14-28(2)13-16-30-4;/h7-9,18H,5-6,10-17,19-20H2,1-4H3,(H2,25,26,27);1H. The summed E-state index contributed by atoms with van der Waals surface area (Å²) in [7, 11) is 7.41. The lowest BCUT2D eigenvalue weighted by Crippen LogP contribution is -2.43. The summed E-state index contributed by atoms with van der Waals surface area (Å²) in [6.07, 6.45) is 6.26. The topological polar surface area (TPSA) is 67.4 Å². The smallest absolute Gasteiger partial charge is 0.191 e. The zero-order chi connectivity index (χ0) is 22.4. The maximum absolute atomic E-state index is 5.93. The number of nitrogens with one attached hydrogen (secondary N) is 2. The quantitative estimate of drug-likeness (QED) is 0.206. The predicted octanol–water partition coefficient (Wildman–Crippen LogP) is 3.52. The van der Waals surface area contributed by atoms with Gasteiger partial charge in [-0.2, -0.15) is 0 Å². The van der Waals surface area contributed by atoms with E-state index in [1.807, 2.05) is 19.2 Å². The van der Waals surface area contributed by atoms with E-state index < -0.39 is 0 Å². The molecule has 0 heterocycles. The SMILES string of the molecule is CN=C(NCc1cccc(OCCN(C)CCOC)c1)NCC1(CCOC)CCCC1.I. The molecule has 0 amide bonds. The predicted molar refractivity (Wildman–Crippen MR) is 142 cm³/mol. The summed E-state index contributed by atoms with van der Waals surface area (Å²) in [4.78, 5) is 6.61. The van der Waals surface area contributed by atoms with Crippen molar-refractivity contribution >= 4 is 29.9 Å². The van der Waals surface area contributed by atoms with Crippen molar-refractivity contribution in [2.45, 2.75) is 38.6 Å². The zero-order valence-electron chi connectivity index (χ0n) is 20.3. The van der Waals surface area contributed by atoms with Gasteiger partial charge in [0, 0.05) is 54.1 Å². The molecule has 8 heteroatoms. The summed E-state index contributed by atoms with van der Waals surface area (Å²) >= 11 is 0. The number of ether oxygens (including phenoxy) is 3. The number of methoxy groups -OCH3 is 2. The van der Waals surface area contributed by atoms with Crippen LogP contribution in [-0.2, 0) is 16.0 Å². The summed E-state index contributed by atoms with van der Waals surface area (Å²) < 4.78 is 16.4. The number of guanidine groups is 1. The van der Waals surface area contributed by atoms with Gasteiger partial charge >= 0.3 is 0 Å². The van der Waals surface area contributed by atoms with Crippen molar-refractivity contribution in [3.8, 4) is 5.75 Å². The number of likely N-dealkylation sites (N-methyl/N-ethyl adjacent to an activating group) is 1. The fraction of sp³-hybridized carbons (Fsp3) is 0.708. The molecule has 0 saturated heterocycles. The Kier molecular flexibility index (Phi) is 14.9. The van der Waals surface area contributed by atoms with Gasteiger partial charge < -0.3 is 29.7 Å². The van der Waals surface area contributed by atoms with Crippen LogP contribution in [0.4, 0.5) is 0 Å². The average Bonchev–Trinajstić information content (AvgIpc) is 3.26. The fourth-order valence-electron chi connectivity index (χ4n) is 4.06. The molecule has 1 aromatic carbocycles. The maximum atomic E-state index is 5.93. The molecular weight excluding hydrogens is 519 g/mol. The minimum atomic E-state index is 0. The molecular formula is C24H43IN4O3. The summed E-state index contributed by atoms with van der Waals surface area (Å²) in [6, 6.07) is 8.24. The van der Waals surface area contributed by atoms with Gasteiger partial charge in [-0.25, -0.2) is 0 Å². The second-order valence-corrected chi connectivity index (χ2v) is 8.52. The highest BCUT2D eigenvalue weighted by molar-refractivity contribution is 14.0. The number of aliphatic imine (C=N–C) groups is 1. The molecule has 32 heavy (non-hydrogen) atoms. The first kappa shape index (κ1) is 28.9. The first-order chi connectivity index (χ1) is 15.1. The van der Waals surface area contributed by atoms with Gasteiger partial charge in [-0.15, -0.1) is 24.0 Å². The Bertz CT molecular complexity index is 654. The Morgan fingerprint density at radius 1 is 1.06 bits per heavy atom. The fourth-order valence-corrected chi connectivity index (χ4v) is 4.06. The van der Waals surface area contributed by atoms with Crippen LogP contribution in [0.1, 0.15) is 37.7 Å². The second kappa shape index (κ2) is 16.5. The zero-order valence-corrected chi connectivity index (χ0v) is 22.7. The van der Waals surface area contributed by atoms with Crippen molar-refractivity contribution in [3.63, 3.8) is 0 Å². The van der Waals surface area contributed by atoms with Crippen LogP contribution in [0, 0.1) is 5.41 Å². The third-order valence-corrected chi connectivity index (χ3v) is 6.13. The van der Waals surface area contributed by atoms with Crippen LogP contribution in [0.15, 0.2) is 29.3 Å². The van der Waals surface area contributed by atoms with Gasteiger partial charge in [0.1, 0.15) is 12.4 Å². The largest absolute Gasteiger partial charge is 0.492 e. The maximum Gasteiger partial charge on any atom is 0.191 e. The summed E-state index contributed by atoms with van der Waals surface area (Å²) in [5.41, 5.74) is 1.50. The lowest BCUT2D eigenvalue weighted by molar-refractivity contribution is 0.138. The van der Waals surface area contributed by atoms with Crippen molar-refractivity contribution in [2.24, 2.45) is 10.4 Å². The van der Waals surface area contributed by atoms with E-state index in [1.54, 1.807) is 14.2 Å². The molecule has 1 saturated carbocycles. The lowest BCUT2D eigenvalue weighted by Gasteiger charge is -2.30. The Morgan fingerprint density at radius 3 is 2.47 bits per heavy atom. The molecule has 7 nitrogen and oxygen atoms in total. The first-order valence-corrected chi connectivity index (χ1v) is 11.4. The number of benzene rings is 1. The number of nitrogens with zero attached hydrogens (tertiary/aromatic N) is 2. The molecule has 184 valence electrons. The molecule has 2 rings (SSSR count). The van der Waals surface area contributed by atoms with Crippen LogP contribution in [-0.4, -0.2) is 78.6 Å². The highest BCUT2D eigenvalue weighted by atomic mass is 127. The molecule has 0 aliphatic heterocycles. The van der Waals surface area contributed by atoms with Crippen LogP contribution < -0.4 is 15.4 Å². The molecule has 0 atom stereocenters. The van der Waals surface area contributed by atoms with Crippen molar-refractivity contribution in [1.29, 1.82) is 0 Å². The summed E-state index contributed by atoms with van der Waals surface area (Å²) in [5.74, 6) is 1.74. The van der Waals surface area contributed by atoms with E-state index in [1.165, 1.54) is 31.2 Å². The van der Waals surface area contributed by atoms with Crippen molar-refractivity contribution in [1.82, 2.24) is 15.5 Å². The van der Waals surface area contributed by atoms with Crippen LogP contribution >= 0.6 is 24.0 Å². The number of halogens is 1. The summed E-state index contributed by atoms with van der Waals surface area (Å²) in [6.45, 7) is 5.63. The molecule has 1 aliphatic rings. The van der Waals surface area contributed by atoms with Crippen molar-refractivity contribution in [3.05, 3.63) is 29.8 Å². The van der Waals surface area contributed by atoms with Gasteiger partial charge in [0.05, 0.1) is 6.61 Å². The van der Waals surface area contributed by atoms with Crippen molar-refractivity contribution < 1.29 is 14.2 Å². The molecule has 2 N–H and O–H groups in total. The van der Waals surface area contributed by atoms with E-state index >= 15 is 0 Å². The van der Waals surface area contributed by atoms with Gasteiger partial charge in [-0.1, -0.05) is 25.0 Å². The van der Waals surface area contributed by atoms with E-state index in [-0.39, 0.29) is 24.0 Å². The Morgan fingerprint density at radius 2 is 1.78 bits per heavy atom. The third kappa shape index (κ3) is 10.7. The van der Waals surface area contributed by atoms with Gasteiger partial charge in [0.25, 0.3) is 0 Å². The Labute approximate surface area is 211 Å². The van der Waals surface area contributed by atoms with E-state index in [4.69, 9.17) is 14.2 Å². The first-order valence-electron chi connectivity index (χ1n) is 11.4. The number of hydrogen-bond acceptors (Lipinski definition) is 5. The van der Waals surface area contributed by atoms with Crippen molar-refractivity contribution in [2.75, 3.05) is 67.8 Å². The number of hydrogen-bond donors (Lipinski definition) is 2.